The van der Waals surface area contributed by atoms with E-state index in [1.54, 1.807) is 12.1 Å². The molecule has 1 atom stereocenters. The average molecular weight is 281 g/mol. The highest BCUT2D eigenvalue weighted by Crippen LogP contribution is 2.15. The summed E-state index contributed by atoms with van der Waals surface area (Å²) < 4.78 is 0. The number of amides is 1. The van der Waals surface area contributed by atoms with Crippen molar-refractivity contribution in [3.05, 3.63) is 34.9 Å². The zero-order valence-electron chi connectivity index (χ0n) is 11.6. The third-order valence-electron chi connectivity index (χ3n) is 3.89. The van der Waals surface area contributed by atoms with Gasteiger partial charge >= 0.3 is 0 Å². The van der Waals surface area contributed by atoms with E-state index in [0.717, 1.165) is 32.6 Å². The summed E-state index contributed by atoms with van der Waals surface area (Å²) in [5, 5.41) is 0.615. The van der Waals surface area contributed by atoms with Gasteiger partial charge in [-0.2, -0.15) is 0 Å². The maximum absolute atomic E-state index is 12.3. The summed E-state index contributed by atoms with van der Waals surface area (Å²) in [6.45, 7) is 7.97. The van der Waals surface area contributed by atoms with Gasteiger partial charge in [-0.05, 0) is 31.5 Å². The number of piperazine rings is 1. The van der Waals surface area contributed by atoms with E-state index in [1.165, 1.54) is 0 Å². The molecule has 3 nitrogen and oxygen atoms in total. The zero-order chi connectivity index (χ0) is 13.8. The molecule has 1 saturated heterocycles. The minimum Gasteiger partial charge on any atom is -0.336 e. The Labute approximate surface area is 120 Å². The number of benzene rings is 1. The van der Waals surface area contributed by atoms with Crippen molar-refractivity contribution in [2.24, 2.45) is 0 Å². The highest BCUT2D eigenvalue weighted by molar-refractivity contribution is 6.30. The molecule has 0 unspecified atom stereocenters. The number of hydrogen-bond acceptors (Lipinski definition) is 2. The summed E-state index contributed by atoms with van der Waals surface area (Å²) in [7, 11) is 0. The lowest BCUT2D eigenvalue weighted by Crippen LogP contribution is -2.51. The van der Waals surface area contributed by atoms with Gasteiger partial charge in [-0.15, -0.1) is 0 Å². The van der Waals surface area contributed by atoms with E-state index in [0.29, 0.717) is 16.6 Å². The smallest absolute Gasteiger partial charge is 0.253 e. The summed E-state index contributed by atoms with van der Waals surface area (Å²) in [6, 6.07) is 7.79. The van der Waals surface area contributed by atoms with Crippen molar-refractivity contribution in [1.82, 2.24) is 9.80 Å². The molecule has 1 fully saturated rings. The Morgan fingerprint density at radius 1 is 1.32 bits per heavy atom. The molecule has 0 aromatic heterocycles. The average Bonchev–Trinajstić information content (AvgIpc) is 2.46. The van der Waals surface area contributed by atoms with Gasteiger partial charge in [0.05, 0.1) is 0 Å². The van der Waals surface area contributed by atoms with Crippen molar-refractivity contribution < 1.29 is 4.79 Å². The second-order valence-electron chi connectivity index (χ2n) is 5.10. The highest BCUT2D eigenvalue weighted by Gasteiger charge is 2.24. The molecule has 0 bridgehead atoms. The quantitative estimate of drug-likeness (QED) is 0.850. The lowest BCUT2D eigenvalue weighted by Gasteiger charge is -2.37. The van der Waals surface area contributed by atoms with Crippen LogP contribution in [0.25, 0.3) is 0 Å². The van der Waals surface area contributed by atoms with E-state index in [1.807, 2.05) is 17.0 Å². The summed E-state index contributed by atoms with van der Waals surface area (Å²) in [6.07, 6.45) is 1.15. The molecular formula is C15H21ClN2O. The first kappa shape index (κ1) is 14.4. The lowest BCUT2D eigenvalue weighted by atomic mass is 10.1. The monoisotopic (exact) mass is 280 g/mol. The Kier molecular flexibility index (Phi) is 4.83. The molecule has 1 aliphatic rings. The molecule has 104 valence electrons. The largest absolute Gasteiger partial charge is 0.336 e. The first-order chi connectivity index (χ1) is 9.11. The van der Waals surface area contributed by atoms with Gasteiger partial charge in [0, 0.05) is 42.8 Å². The van der Waals surface area contributed by atoms with Crippen LogP contribution >= 0.6 is 11.6 Å². The molecule has 0 spiro atoms. The molecule has 0 aliphatic carbocycles. The Morgan fingerprint density at radius 3 is 2.58 bits per heavy atom. The standard InChI is InChI=1S/C15H21ClN2O/c1-3-12(2)17-7-9-18(10-8-17)15(19)13-5-4-6-14(16)11-13/h4-6,11-12H,3,7-10H2,1-2H3/t12-/m1/s1. The molecule has 1 aliphatic heterocycles. The molecule has 19 heavy (non-hydrogen) atoms. The third-order valence-corrected chi connectivity index (χ3v) is 4.12. The fraction of sp³-hybridized carbons (Fsp3) is 0.533. The van der Waals surface area contributed by atoms with Crippen molar-refractivity contribution in [3.8, 4) is 0 Å². The molecule has 4 heteroatoms. The van der Waals surface area contributed by atoms with Crippen LogP contribution in [0.1, 0.15) is 30.6 Å². The van der Waals surface area contributed by atoms with E-state index in [2.05, 4.69) is 18.7 Å². The van der Waals surface area contributed by atoms with Crippen LogP contribution < -0.4 is 0 Å². The molecular weight excluding hydrogens is 260 g/mol. The number of carbonyl (C=O) groups is 1. The fourth-order valence-electron chi connectivity index (χ4n) is 2.43. The van der Waals surface area contributed by atoms with Crippen LogP contribution in [0.2, 0.25) is 5.02 Å². The maximum atomic E-state index is 12.3. The Balaban J connectivity index is 1.96. The van der Waals surface area contributed by atoms with Crippen LogP contribution in [0.3, 0.4) is 0 Å². The fourth-order valence-corrected chi connectivity index (χ4v) is 2.62. The topological polar surface area (TPSA) is 23.6 Å². The summed E-state index contributed by atoms with van der Waals surface area (Å²) in [5.41, 5.74) is 0.685. The molecule has 0 N–H and O–H groups in total. The second kappa shape index (κ2) is 6.40. The van der Waals surface area contributed by atoms with Gasteiger partial charge < -0.3 is 4.90 Å². The summed E-state index contributed by atoms with van der Waals surface area (Å²) in [4.78, 5) is 16.7. The Bertz CT molecular complexity index is 442. The van der Waals surface area contributed by atoms with Crippen molar-refractivity contribution in [3.63, 3.8) is 0 Å². The minimum atomic E-state index is 0.0892. The van der Waals surface area contributed by atoms with Gasteiger partial charge in [0.2, 0.25) is 0 Å². The van der Waals surface area contributed by atoms with Gasteiger partial charge in [0.15, 0.2) is 0 Å². The molecule has 2 rings (SSSR count). The number of rotatable bonds is 3. The van der Waals surface area contributed by atoms with Crippen molar-refractivity contribution in [2.45, 2.75) is 26.3 Å². The maximum Gasteiger partial charge on any atom is 0.253 e. The predicted molar refractivity (Wildman–Crippen MR) is 78.7 cm³/mol. The zero-order valence-corrected chi connectivity index (χ0v) is 12.4. The van der Waals surface area contributed by atoms with Crippen LogP contribution in [0.15, 0.2) is 24.3 Å². The van der Waals surface area contributed by atoms with Crippen LogP contribution in [0.4, 0.5) is 0 Å². The number of nitrogens with zero attached hydrogens (tertiary/aromatic N) is 2. The summed E-state index contributed by atoms with van der Waals surface area (Å²) in [5.74, 6) is 0.0892. The molecule has 1 amide bonds. The van der Waals surface area contributed by atoms with Gasteiger partial charge in [-0.3, -0.25) is 9.69 Å². The van der Waals surface area contributed by atoms with Crippen LogP contribution in [-0.4, -0.2) is 47.9 Å². The van der Waals surface area contributed by atoms with E-state index in [9.17, 15) is 4.79 Å². The SMILES string of the molecule is CC[C@@H](C)N1CCN(C(=O)c2cccc(Cl)c2)CC1. The van der Waals surface area contributed by atoms with Crippen LogP contribution in [0, 0.1) is 0 Å². The molecule has 1 aromatic carbocycles. The first-order valence-electron chi connectivity index (χ1n) is 6.90. The van der Waals surface area contributed by atoms with E-state index < -0.39 is 0 Å². The minimum absolute atomic E-state index is 0.0892. The van der Waals surface area contributed by atoms with Gasteiger partial charge in [0.25, 0.3) is 5.91 Å². The van der Waals surface area contributed by atoms with Gasteiger partial charge in [-0.25, -0.2) is 0 Å². The van der Waals surface area contributed by atoms with Crippen molar-refractivity contribution >= 4 is 17.5 Å². The molecule has 1 heterocycles. The Morgan fingerprint density at radius 2 is 2.00 bits per heavy atom. The number of hydrogen-bond donors (Lipinski definition) is 0. The molecule has 1 aromatic rings. The van der Waals surface area contributed by atoms with Gasteiger partial charge in [0.1, 0.15) is 0 Å². The molecule has 0 radical (unpaired) electrons. The van der Waals surface area contributed by atoms with Crippen molar-refractivity contribution in [2.75, 3.05) is 26.2 Å². The number of carbonyl (C=O) groups excluding carboxylic acids is 1. The van der Waals surface area contributed by atoms with E-state index in [4.69, 9.17) is 11.6 Å². The van der Waals surface area contributed by atoms with Gasteiger partial charge in [-0.1, -0.05) is 24.6 Å². The third kappa shape index (κ3) is 3.48. The first-order valence-corrected chi connectivity index (χ1v) is 7.28. The predicted octanol–water partition coefficient (Wildman–Crippen LogP) is 2.90. The highest BCUT2D eigenvalue weighted by atomic mass is 35.5. The number of halogens is 1. The normalized spacial score (nSPS) is 18.4. The van der Waals surface area contributed by atoms with E-state index >= 15 is 0 Å². The van der Waals surface area contributed by atoms with E-state index in [-0.39, 0.29) is 5.91 Å². The lowest BCUT2D eigenvalue weighted by molar-refractivity contribution is 0.0579. The van der Waals surface area contributed by atoms with Crippen molar-refractivity contribution in [1.29, 1.82) is 0 Å². The van der Waals surface area contributed by atoms with Crippen LogP contribution in [-0.2, 0) is 0 Å². The second-order valence-corrected chi connectivity index (χ2v) is 5.53. The molecule has 0 saturated carbocycles. The summed E-state index contributed by atoms with van der Waals surface area (Å²) >= 11 is 5.93. The Hall–Kier alpha value is -1.06. The van der Waals surface area contributed by atoms with Crippen LogP contribution in [0.5, 0.6) is 0 Å².